The van der Waals surface area contributed by atoms with Gasteiger partial charge in [-0.15, -0.1) is 0 Å². The lowest BCUT2D eigenvalue weighted by Gasteiger charge is -2.21. The summed E-state index contributed by atoms with van der Waals surface area (Å²) in [7, 11) is 5.52. The molecule has 0 N–H and O–H groups in total. The molecule has 1 aromatic heterocycles. The Labute approximate surface area is 189 Å². The summed E-state index contributed by atoms with van der Waals surface area (Å²) in [6.07, 6.45) is 0.876. The summed E-state index contributed by atoms with van der Waals surface area (Å²) in [5, 5.41) is 12.0. The van der Waals surface area contributed by atoms with E-state index in [1.165, 1.54) is 23.5 Å². The molecule has 8 nitrogen and oxygen atoms in total. The van der Waals surface area contributed by atoms with Gasteiger partial charge >= 0.3 is 0 Å². The van der Waals surface area contributed by atoms with E-state index in [0.29, 0.717) is 33.5 Å². The van der Waals surface area contributed by atoms with Crippen LogP contribution in [0.2, 0.25) is 5.02 Å². The molecule has 0 aliphatic rings. The number of hydrogen-bond acceptors (Lipinski definition) is 7. The number of benzene rings is 2. The third kappa shape index (κ3) is 5.49. The van der Waals surface area contributed by atoms with E-state index in [1.54, 1.807) is 36.3 Å². The molecule has 0 unspecified atom stereocenters. The molecule has 1 heterocycles. The highest BCUT2D eigenvalue weighted by atomic mass is 35.5. The van der Waals surface area contributed by atoms with Crippen LogP contribution >= 0.6 is 22.9 Å². The Kier molecular flexibility index (Phi) is 7.42. The normalized spacial score (nSPS) is 11.1. The van der Waals surface area contributed by atoms with Gasteiger partial charge < -0.3 is 9.64 Å². The van der Waals surface area contributed by atoms with Crippen molar-refractivity contribution in [2.45, 2.75) is 12.8 Å². The van der Waals surface area contributed by atoms with Gasteiger partial charge in [-0.05, 0) is 44.8 Å². The van der Waals surface area contributed by atoms with Crippen LogP contribution in [0.1, 0.15) is 12.0 Å². The maximum absolute atomic E-state index is 13.2. The average molecular weight is 463 g/mol. The van der Waals surface area contributed by atoms with Crippen molar-refractivity contribution in [2.24, 2.45) is 0 Å². The number of nitro groups is 1. The third-order valence-corrected chi connectivity index (χ3v) is 6.23. The number of thiazole rings is 1. The zero-order valence-electron chi connectivity index (χ0n) is 17.5. The minimum atomic E-state index is -0.461. The van der Waals surface area contributed by atoms with Crippen molar-refractivity contribution < 1.29 is 14.5 Å². The van der Waals surface area contributed by atoms with Gasteiger partial charge in [0.05, 0.1) is 28.2 Å². The smallest absolute Gasteiger partial charge is 0.269 e. The molecule has 3 rings (SSSR count). The molecular weight excluding hydrogens is 440 g/mol. The summed E-state index contributed by atoms with van der Waals surface area (Å²) in [5.74, 6) is 0.458. The van der Waals surface area contributed by atoms with E-state index in [0.717, 1.165) is 17.7 Å². The summed E-state index contributed by atoms with van der Waals surface area (Å²) in [6.45, 7) is 1.31. The zero-order chi connectivity index (χ0) is 22.5. The van der Waals surface area contributed by atoms with E-state index in [9.17, 15) is 14.9 Å². The lowest BCUT2D eigenvalue weighted by molar-refractivity contribution is -0.384. The van der Waals surface area contributed by atoms with Gasteiger partial charge in [0.1, 0.15) is 11.3 Å². The predicted octanol–water partition coefficient (Wildman–Crippen LogP) is 4.39. The highest BCUT2D eigenvalue weighted by Gasteiger charge is 2.22. The zero-order valence-corrected chi connectivity index (χ0v) is 19.1. The number of halogens is 1. The Morgan fingerprint density at radius 2 is 1.90 bits per heavy atom. The van der Waals surface area contributed by atoms with Crippen LogP contribution < -0.4 is 9.64 Å². The van der Waals surface area contributed by atoms with Crippen molar-refractivity contribution in [3.63, 3.8) is 0 Å². The maximum atomic E-state index is 13.2. The van der Waals surface area contributed by atoms with Crippen LogP contribution in [-0.2, 0) is 11.2 Å². The molecule has 0 saturated carbocycles. The quantitative estimate of drug-likeness (QED) is 0.346. The Bertz CT molecular complexity index is 1080. The summed E-state index contributed by atoms with van der Waals surface area (Å²) in [4.78, 5) is 32.0. The minimum absolute atomic E-state index is 0.00746. The molecule has 31 heavy (non-hydrogen) atoms. The number of amides is 1. The van der Waals surface area contributed by atoms with Gasteiger partial charge in [-0.25, -0.2) is 4.98 Å². The van der Waals surface area contributed by atoms with E-state index in [2.05, 4.69) is 9.88 Å². The largest absolute Gasteiger partial charge is 0.494 e. The van der Waals surface area contributed by atoms with Crippen molar-refractivity contribution in [1.29, 1.82) is 0 Å². The lowest BCUT2D eigenvalue weighted by Crippen LogP contribution is -2.34. The van der Waals surface area contributed by atoms with E-state index >= 15 is 0 Å². The number of carbonyl (C=O) groups is 1. The van der Waals surface area contributed by atoms with E-state index in [-0.39, 0.29) is 18.0 Å². The number of nitro benzene ring substituents is 1. The summed E-state index contributed by atoms with van der Waals surface area (Å²) in [6, 6.07) is 9.52. The topological polar surface area (TPSA) is 88.8 Å². The summed E-state index contributed by atoms with van der Waals surface area (Å²) >= 11 is 7.69. The lowest BCUT2D eigenvalue weighted by atomic mass is 10.1. The van der Waals surface area contributed by atoms with Crippen molar-refractivity contribution >= 4 is 49.9 Å². The van der Waals surface area contributed by atoms with E-state index < -0.39 is 4.92 Å². The third-order valence-electron chi connectivity index (χ3n) is 4.69. The maximum Gasteiger partial charge on any atom is 0.269 e. The standard InChI is InChI=1S/C21H23ClN4O4S/c1-24(2)11-4-12-25(18(27)13-14-5-7-15(8-6-14)26(28)29)21-23-19-17(30-3)10-9-16(22)20(19)31-21/h5-10H,4,11-13H2,1-3H3. The van der Waals surface area contributed by atoms with Crippen molar-refractivity contribution in [2.75, 3.05) is 39.2 Å². The number of aromatic nitrogens is 1. The Hall–Kier alpha value is -2.75. The molecule has 0 radical (unpaired) electrons. The first-order valence-electron chi connectivity index (χ1n) is 9.61. The van der Waals surface area contributed by atoms with Crippen LogP contribution in [0.15, 0.2) is 36.4 Å². The van der Waals surface area contributed by atoms with Gasteiger partial charge in [0, 0.05) is 18.7 Å². The van der Waals surface area contributed by atoms with Crippen LogP contribution in [0.5, 0.6) is 5.75 Å². The van der Waals surface area contributed by atoms with Crippen molar-refractivity contribution in [3.05, 3.63) is 57.1 Å². The molecular formula is C21H23ClN4O4S. The molecule has 10 heteroatoms. The molecule has 0 spiro atoms. The Morgan fingerprint density at radius 1 is 1.19 bits per heavy atom. The second-order valence-electron chi connectivity index (χ2n) is 7.23. The van der Waals surface area contributed by atoms with Crippen LogP contribution in [-0.4, -0.2) is 55.0 Å². The fraction of sp³-hybridized carbons (Fsp3) is 0.333. The van der Waals surface area contributed by atoms with Gasteiger partial charge in [-0.3, -0.25) is 19.8 Å². The predicted molar refractivity (Wildman–Crippen MR) is 124 cm³/mol. The van der Waals surface area contributed by atoms with E-state index in [4.69, 9.17) is 16.3 Å². The second-order valence-corrected chi connectivity index (χ2v) is 8.61. The number of nitrogens with zero attached hydrogens (tertiary/aromatic N) is 4. The number of carbonyl (C=O) groups excluding carboxylic acids is 1. The van der Waals surface area contributed by atoms with Gasteiger partial charge in [0.25, 0.3) is 5.69 Å². The first-order chi connectivity index (χ1) is 14.8. The molecule has 0 bridgehead atoms. The molecule has 0 aliphatic heterocycles. The number of ether oxygens (including phenoxy) is 1. The molecule has 1 amide bonds. The molecule has 0 atom stereocenters. The van der Waals surface area contributed by atoms with Crippen LogP contribution in [0, 0.1) is 10.1 Å². The number of fused-ring (bicyclic) bond motifs is 1. The molecule has 0 saturated heterocycles. The summed E-state index contributed by atoms with van der Waals surface area (Å²) < 4.78 is 6.16. The van der Waals surface area contributed by atoms with Gasteiger partial charge in [-0.1, -0.05) is 35.1 Å². The SMILES string of the molecule is COc1ccc(Cl)c2sc(N(CCCN(C)C)C(=O)Cc3ccc([N+](=O)[O-])cc3)nc12. The molecule has 3 aromatic rings. The van der Waals surface area contributed by atoms with Gasteiger partial charge in [-0.2, -0.15) is 0 Å². The second kappa shape index (κ2) is 10.0. The average Bonchev–Trinajstić information content (AvgIpc) is 3.17. The Balaban J connectivity index is 1.90. The number of methoxy groups -OCH3 is 1. The number of rotatable bonds is 9. The number of hydrogen-bond donors (Lipinski definition) is 0. The minimum Gasteiger partial charge on any atom is -0.494 e. The number of anilines is 1. The van der Waals surface area contributed by atoms with Gasteiger partial charge in [0.15, 0.2) is 5.13 Å². The molecule has 0 fully saturated rings. The molecule has 164 valence electrons. The first-order valence-corrected chi connectivity index (χ1v) is 10.8. The fourth-order valence-electron chi connectivity index (χ4n) is 3.10. The number of non-ortho nitro benzene ring substituents is 1. The van der Waals surface area contributed by atoms with Crippen LogP contribution in [0.3, 0.4) is 0 Å². The highest BCUT2D eigenvalue weighted by Crippen LogP contribution is 2.38. The van der Waals surface area contributed by atoms with Crippen LogP contribution in [0.25, 0.3) is 10.2 Å². The molecule has 2 aromatic carbocycles. The molecule has 0 aliphatic carbocycles. The monoisotopic (exact) mass is 462 g/mol. The van der Waals surface area contributed by atoms with Gasteiger partial charge in [0.2, 0.25) is 5.91 Å². The van der Waals surface area contributed by atoms with Crippen molar-refractivity contribution in [3.8, 4) is 5.75 Å². The summed E-state index contributed by atoms with van der Waals surface area (Å²) in [5.41, 5.74) is 1.31. The Morgan fingerprint density at radius 3 is 2.52 bits per heavy atom. The highest BCUT2D eigenvalue weighted by molar-refractivity contribution is 7.23. The van der Waals surface area contributed by atoms with Crippen molar-refractivity contribution in [1.82, 2.24) is 9.88 Å². The van der Waals surface area contributed by atoms with Crippen LogP contribution in [0.4, 0.5) is 10.8 Å². The fourth-order valence-corrected chi connectivity index (χ4v) is 4.40. The first kappa shape index (κ1) is 22.9. The van der Waals surface area contributed by atoms with E-state index in [1.807, 2.05) is 14.1 Å².